The van der Waals surface area contributed by atoms with Crippen LogP contribution in [0.3, 0.4) is 0 Å². The van der Waals surface area contributed by atoms with E-state index < -0.39 is 22.0 Å². The lowest BCUT2D eigenvalue weighted by Crippen LogP contribution is -2.27. The quantitative estimate of drug-likeness (QED) is 0.411. The number of nitrogens with one attached hydrogen (secondary N) is 1. The van der Waals surface area contributed by atoms with Crippen molar-refractivity contribution in [2.75, 3.05) is 7.11 Å². The van der Waals surface area contributed by atoms with Gasteiger partial charge >= 0.3 is 5.97 Å². The Hall–Kier alpha value is -3.24. The molecule has 0 saturated carbocycles. The van der Waals surface area contributed by atoms with E-state index in [0.717, 1.165) is 24.0 Å². The van der Waals surface area contributed by atoms with Crippen LogP contribution < -0.4 is 4.72 Å². The summed E-state index contributed by atoms with van der Waals surface area (Å²) in [5, 5.41) is 17.5. The molecule has 0 saturated heterocycles. The molecule has 2 N–H and O–H groups in total. The summed E-state index contributed by atoms with van der Waals surface area (Å²) in [6, 6.07) is 13.0. The molecule has 2 aromatic carbocycles. The maximum atomic E-state index is 12.8. The summed E-state index contributed by atoms with van der Waals surface area (Å²) in [4.78, 5) is 12.2. The maximum Gasteiger partial charge on any atom is 0.307 e. The molecule has 0 aliphatic rings. The number of hydrogen-bond donors (Lipinski definition) is 2. The van der Waals surface area contributed by atoms with Crippen LogP contribution in [0, 0.1) is 0 Å². The minimum absolute atomic E-state index is 0.0272. The molecule has 0 unspecified atom stereocenters. The molecule has 1 heterocycles. The number of rotatable bonds is 11. The normalized spacial score (nSPS) is 12.4. The minimum atomic E-state index is -3.74. The lowest BCUT2D eigenvalue weighted by Gasteiger charge is -2.19. The second-order valence-electron chi connectivity index (χ2n) is 7.69. The van der Waals surface area contributed by atoms with Gasteiger partial charge in [-0.1, -0.05) is 42.8 Å². The Morgan fingerprint density at radius 3 is 2.42 bits per heavy atom. The fraction of sp³-hybridized carbons (Fsp3) is 0.348. The van der Waals surface area contributed by atoms with Crippen molar-refractivity contribution in [2.45, 2.75) is 50.1 Å². The van der Waals surface area contributed by atoms with Crippen LogP contribution in [-0.2, 0) is 38.9 Å². The van der Waals surface area contributed by atoms with Gasteiger partial charge in [0.1, 0.15) is 5.75 Å². The molecule has 176 valence electrons. The Morgan fingerprint density at radius 2 is 1.79 bits per heavy atom. The number of phenols is 1. The predicted octanol–water partition coefficient (Wildman–Crippen LogP) is 2.76. The summed E-state index contributed by atoms with van der Waals surface area (Å²) in [6.07, 6.45) is 3.78. The monoisotopic (exact) mass is 472 g/mol. The molecule has 0 bridgehead atoms. The topological polar surface area (TPSA) is 123 Å². The van der Waals surface area contributed by atoms with Crippen LogP contribution >= 0.6 is 0 Å². The van der Waals surface area contributed by atoms with Crippen LogP contribution in [0.4, 0.5) is 0 Å². The van der Waals surface area contributed by atoms with Crippen LogP contribution in [0.1, 0.15) is 42.6 Å². The Bertz CT molecular complexity index is 1160. The van der Waals surface area contributed by atoms with E-state index in [0.29, 0.717) is 12.1 Å². The number of phenolic OH excluding ortho intramolecular Hbond substituents is 1. The first-order valence-corrected chi connectivity index (χ1v) is 12.1. The first-order chi connectivity index (χ1) is 15.8. The SMILES string of the molecule is CCCc1ccc(S(=O)(=O)NCc2cnnn2[C@H](CC(=O)OC)Cc2ccc(O)cc2)cc1. The smallest absolute Gasteiger partial charge is 0.307 e. The van der Waals surface area contributed by atoms with Gasteiger partial charge < -0.3 is 9.84 Å². The van der Waals surface area contributed by atoms with E-state index in [1.807, 2.05) is 12.1 Å². The highest BCUT2D eigenvalue weighted by Gasteiger charge is 2.22. The average Bonchev–Trinajstić information content (AvgIpc) is 3.28. The summed E-state index contributed by atoms with van der Waals surface area (Å²) >= 11 is 0. The van der Waals surface area contributed by atoms with E-state index in [4.69, 9.17) is 4.74 Å². The molecule has 1 aromatic heterocycles. The summed E-state index contributed by atoms with van der Waals surface area (Å²) in [7, 11) is -2.43. The third-order valence-corrected chi connectivity index (χ3v) is 6.67. The number of sulfonamides is 1. The van der Waals surface area contributed by atoms with Gasteiger partial charge in [-0.05, 0) is 48.2 Å². The molecule has 10 heteroatoms. The highest BCUT2D eigenvalue weighted by atomic mass is 32.2. The third-order valence-electron chi connectivity index (χ3n) is 5.25. The van der Waals surface area contributed by atoms with Crippen molar-refractivity contribution in [3.8, 4) is 5.75 Å². The van der Waals surface area contributed by atoms with Crippen molar-refractivity contribution in [1.29, 1.82) is 0 Å². The number of aryl methyl sites for hydroxylation is 1. The van der Waals surface area contributed by atoms with Crippen molar-refractivity contribution >= 4 is 16.0 Å². The first-order valence-electron chi connectivity index (χ1n) is 10.6. The van der Waals surface area contributed by atoms with Gasteiger partial charge in [0.2, 0.25) is 10.0 Å². The molecule has 0 amide bonds. The fourth-order valence-corrected chi connectivity index (χ4v) is 4.50. The van der Waals surface area contributed by atoms with Gasteiger partial charge in [-0.2, -0.15) is 0 Å². The molecule has 0 aliphatic heterocycles. The molecule has 3 aromatic rings. The molecule has 0 aliphatic carbocycles. The van der Waals surface area contributed by atoms with Crippen molar-refractivity contribution in [3.05, 3.63) is 71.5 Å². The van der Waals surface area contributed by atoms with Gasteiger partial charge in [0.25, 0.3) is 0 Å². The zero-order valence-corrected chi connectivity index (χ0v) is 19.5. The van der Waals surface area contributed by atoms with Gasteiger partial charge in [0, 0.05) is 0 Å². The van der Waals surface area contributed by atoms with E-state index in [1.54, 1.807) is 36.4 Å². The minimum Gasteiger partial charge on any atom is -0.508 e. The average molecular weight is 473 g/mol. The Balaban J connectivity index is 1.77. The highest BCUT2D eigenvalue weighted by Crippen LogP contribution is 2.22. The van der Waals surface area contributed by atoms with Crippen molar-refractivity contribution in [2.24, 2.45) is 0 Å². The van der Waals surface area contributed by atoms with Gasteiger partial charge in [-0.3, -0.25) is 4.79 Å². The van der Waals surface area contributed by atoms with Gasteiger partial charge in [-0.25, -0.2) is 17.8 Å². The largest absolute Gasteiger partial charge is 0.508 e. The number of hydrogen-bond acceptors (Lipinski definition) is 7. The number of carbonyl (C=O) groups is 1. The van der Waals surface area contributed by atoms with E-state index in [-0.39, 0.29) is 23.6 Å². The summed E-state index contributed by atoms with van der Waals surface area (Å²) in [6.45, 7) is 2.03. The number of methoxy groups -OCH3 is 1. The standard InChI is InChI=1S/C23H28N4O5S/c1-3-4-17-7-11-22(12-8-17)33(30,31)25-16-20-15-24-26-27(20)19(14-23(29)32-2)13-18-5-9-21(28)10-6-18/h5-12,15,19,25,28H,3-4,13-14,16H2,1-2H3/t19-/m0/s1. The van der Waals surface area contributed by atoms with Gasteiger partial charge in [0.05, 0.1) is 42.9 Å². The summed E-state index contributed by atoms with van der Waals surface area (Å²) in [5.41, 5.74) is 2.46. The molecule has 33 heavy (non-hydrogen) atoms. The summed E-state index contributed by atoms with van der Waals surface area (Å²) in [5.74, 6) is -0.283. The Kier molecular flexibility index (Phi) is 8.18. The predicted molar refractivity (Wildman–Crippen MR) is 122 cm³/mol. The van der Waals surface area contributed by atoms with E-state index >= 15 is 0 Å². The van der Waals surface area contributed by atoms with E-state index in [1.165, 1.54) is 18.0 Å². The summed E-state index contributed by atoms with van der Waals surface area (Å²) < 4.78 is 34.5. The van der Waals surface area contributed by atoms with Crippen molar-refractivity contribution in [3.63, 3.8) is 0 Å². The van der Waals surface area contributed by atoms with Gasteiger partial charge in [-0.15, -0.1) is 5.10 Å². The van der Waals surface area contributed by atoms with E-state index in [2.05, 4.69) is 22.0 Å². The van der Waals surface area contributed by atoms with Crippen LogP contribution in [0.25, 0.3) is 0 Å². The number of esters is 1. The number of aromatic nitrogens is 3. The Morgan fingerprint density at radius 1 is 1.12 bits per heavy atom. The van der Waals surface area contributed by atoms with Crippen LogP contribution in [0.2, 0.25) is 0 Å². The number of nitrogens with zero attached hydrogens (tertiary/aromatic N) is 3. The number of ether oxygens (including phenoxy) is 1. The zero-order valence-electron chi connectivity index (χ0n) is 18.6. The lowest BCUT2D eigenvalue weighted by molar-refractivity contribution is -0.141. The lowest BCUT2D eigenvalue weighted by atomic mass is 10.0. The Labute approximate surface area is 193 Å². The molecule has 3 rings (SSSR count). The molecule has 9 nitrogen and oxygen atoms in total. The molecule has 1 atom stereocenters. The molecule has 0 fully saturated rings. The molecular formula is C23H28N4O5S. The van der Waals surface area contributed by atoms with Crippen LogP contribution in [0.15, 0.2) is 59.6 Å². The second kappa shape index (κ2) is 11.1. The first kappa shape index (κ1) is 24.4. The number of benzene rings is 2. The molecule has 0 spiro atoms. The second-order valence-corrected chi connectivity index (χ2v) is 9.46. The number of aromatic hydroxyl groups is 1. The third kappa shape index (κ3) is 6.62. The van der Waals surface area contributed by atoms with Crippen molar-refractivity contribution < 1.29 is 23.1 Å². The van der Waals surface area contributed by atoms with E-state index in [9.17, 15) is 18.3 Å². The zero-order chi connectivity index (χ0) is 23.8. The highest BCUT2D eigenvalue weighted by molar-refractivity contribution is 7.89. The maximum absolute atomic E-state index is 12.8. The van der Waals surface area contributed by atoms with Crippen molar-refractivity contribution in [1.82, 2.24) is 19.7 Å². The molecular weight excluding hydrogens is 444 g/mol. The van der Waals surface area contributed by atoms with Crippen LogP contribution in [0.5, 0.6) is 5.75 Å². The fourth-order valence-electron chi connectivity index (χ4n) is 3.50. The van der Waals surface area contributed by atoms with Gasteiger partial charge in [0.15, 0.2) is 0 Å². The number of carbonyl (C=O) groups excluding carboxylic acids is 1. The van der Waals surface area contributed by atoms with Crippen LogP contribution in [-0.4, -0.2) is 41.6 Å². The molecule has 0 radical (unpaired) electrons.